The van der Waals surface area contributed by atoms with Crippen molar-refractivity contribution in [1.29, 1.82) is 0 Å². The van der Waals surface area contributed by atoms with Crippen LogP contribution in [0, 0.1) is 0 Å². The average Bonchev–Trinajstić information content (AvgIpc) is 3.17. The zero-order valence-corrected chi connectivity index (χ0v) is 15.8. The second-order valence-electron chi connectivity index (χ2n) is 6.16. The third kappa shape index (κ3) is 5.55. The van der Waals surface area contributed by atoms with Crippen molar-refractivity contribution >= 4 is 22.7 Å². The molecule has 122 valence electrons. The van der Waals surface area contributed by atoms with Crippen LogP contribution in [-0.4, -0.2) is 0 Å². The molecule has 2 heteroatoms. The highest BCUT2D eigenvalue weighted by Crippen LogP contribution is 2.36. The van der Waals surface area contributed by atoms with Crippen molar-refractivity contribution in [2.75, 3.05) is 0 Å². The zero-order valence-electron chi connectivity index (χ0n) is 14.2. The molecule has 2 aromatic rings. The molecule has 0 bridgehead atoms. The van der Waals surface area contributed by atoms with Gasteiger partial charge in [-0.25, -0.2) is 0 Å². The number of aryl methyl sites for hydroxylation is 2. The van der Waals surface area contributed by atoms with Crippen LogP contribution in [0.2, 0.25) is 0 Å². The molecule has 0 aliphatic heterocycles. The van der Waals surface area contributed by atoms with Gasteiger partial charge in [0.2, 0.25) is 0 Å². The fraction of sp³-hybridized carbons (Fsp3) is 0.600. The Morgan fingerprint density at radius 2 is 1.50 bits per heavy atom. The predicted molar refractivity (Wildman–Crippen MR) is 103 cm³/mol. The molecule has 0 spiro atoms. The molecule has 0 aliphatic carbocycles. The SMILES string of the molecule is CCCCCCc1ccc(-c2sccc2CCCCCC)s1. The molecule has 0 amide bonds. The lowest BCUT2D eigenvalue weighted by Crippen LogP contribution is -1.85. The fourth-order valence-electron chi connectivity index (χ4n) is 2.85. The molecule has 2 aromatic heterocycles. The smallest absolute Gasteiger partial charge is 0.0474 e. The third-order valence-electron chi connectivity index (χ3n) is 4.21. The van der Waals surface area contributed by atoms with Gasteiger partial charge in [-0.05, 0) is 54.8 Å². The first-order valence-electron chi connectivity index (χ1n) is 9.00. The van der Waals surface area contributed by atoms with Crippen LogP contribution in [0.3, 0.4) is 0 Å². The Morgan fingerprint density at radius 3 is 2.23 bits per heavy atom. The van der Waals surface area contributed by atoms with Crippen molar-refractivity contribution in [1.82, 2.24) is 0 Å². The van der Waals surface area contributed by atoms with Crippen molar-refractivity contribution in [3.8, 4) is 9.75 Å². The van der Waals surface area contributed by atoms with Gasteiger partial charge in [-0.1, -0.05) is 52.4 Å². The van der Waals surface area contributed by atoms with E-state index in [0.717, 1.165) is 0 Å². The van der Waals surface area contributed by atoms with Gasteiger partial charge in [-0.15, -0.1) is 22.7 Å². The summed E-state index contributed by atoms with van der Waals surface area (Å²) < 4.78 is 0. The zero-order chi connectivity index (χ0) is 15.6. The molecule has 0 aromatic carbocycles. The minimum absolute atomic E-state index is 1.25. The number of hydrogen-bond donors (Lipinski definition) is 0. The summed E-state index contributed by atoms with van der Waals surface area (Å²) in [6.07, 6.45) is 13.4. The van der Waals surface area contributed by atoms with Gasteiger partial charge in [0.15, 0.2) is 0 Å². The van der Waals surface area contributed by atoms with Crippen LogP contribution in [0.1, 0.15) is 75.7 Å². The molecular weight excluding hydrogens is 304 g/mol. The van der Waals surface area contributed by atoms with Crippen LogP contribution in [-0.2, 0) is 12.8 Å². The Morgan fingerprint density at radius 1 is 0.773 bits per heavy atom. The summed E-state index contributed by atoms with van der Waals surface area (Å²) in [5.41, 5.74) is 1.57. The normalized spacial score (nSPS) is 11.2. The highest BCUT2D eigenvalue weighted by Gasteiger charge is 2.09. The van der Waals surface area contributed by atoms with E-state index in [1.807, 2.05) is 22.7 Å². The quantitative estimate of drug-likeness (QED) is 0.369. The Labute approximate surface area is 144 Å². The first kappa shape index (κ1) is 17.7. The molecule has 0 aliphatic rings. The van der Waals surface area contributed by atoms with E-state index in [0.29, 0.717) is 0 Å². The molecule has 0 nitrogen and oxygen atoms in total. The molecule has 0 N–H and O–H groups in total. The lowest BCUT2D eigenvalue weighted by atomic mass is 10.1. The highest BCUT2D eigenvalue weighted by atomic mass is 32.1. The van der Waals surface area contributed by atoms with Crippen LogP contribution >= 0.6 is 22.7 Å². The number of unbranched alkanes of at least 4 members (excludes halogenated alkanes) is 6. The summed E-state index contributed by atoms with van der Waals surface area (Å²) in [6.45, 7) is 4.56. The first-order valence-corrected chi connectivity index (χ1v) is 10.7. The minimum atomic E-state index is 1.25. The maximum absolute atomic E-state index is 2.35. The standard InChI is InChI=1S/C20H30S2/c1-3-5-7-9-11-17-15-16-21-20(17)19-14-13-18(22-19)12-10-8-6-4-2/h13-16H,3-12H2,1-2H3. The second kappa shape index (κ2) is 10.2. The molecule has 0 saturated heterocycles. The molecule has 2 heterocycles. The molecule has 0 fully saturated rings. The monoisotopic (exact) mass is 334 g/mol. The Hall–Kier alpha value is -0.600. The van der Waals surface area contributed by atoms with Crippen molar-refractivity contribution in [2.24, 2.45) is 0 Å². The Bertz CT molecular complexity index is 521. The topological polar surface area (TPSA) is 0 Å². The largest absolute Gasteiger partial charge is 0.143 e. The Balaban J connectivity index is 1.89. The van der Waals surface area contributed by atoms with Crippen LogP contribution in [0.15, 0.2) is 23.6 Å². The predicted octanol–water partition coefficient (Wildman–Crippen LogP) is 7.72. The Kier molecular flexibility index (Phi) is 8.25. The lowest BCUT2D eigenvalue weighted by Gasteiger charge is -2.02. The summed E-state index contributed by atoms with van der Waals surface area (Å²) in [4.78, 5) is 4.59. The number of thiophene rings is 2. The van der Waals surface area contributed by atoms with Gasteiger partial charge in [-0.2, -0.15) is 0 Å². The minimum Gasteiger partial charge on any atom is -0.143 e. The van der Waals surface area contributed by atoms with Crippen LogP contribution < -0.4 is 0 Å². The summed E-state index contributed by atoms with van der Waals surface area (Å²) in [5, 5.41) is 2.27. The summed E-state index contributed by atoms with van der Waals surface area (Å²) in [6, 6.07) is 7.04. The first-order chi connectivity index (χ1) is 10.8. The fourth-order valence-corrected chi connectivity index (χ4v) is 5.02. The van der Waals surface area contributed by atoms with Gasteiger partial charge < -0.3 is 0 Å². The van der Waals surface area contributed by atoms with Gasteiger partial charge in [0.1, 0.15) is 0 Å². The van der Waals surface area contributed by atoms with E-state index in [1.165, 1.54) is 74.0 Å². The molecule has 0 radical (unpaired) electrons. The van der Waals surface area contributed by atoms with Gasteiger partial charge in [0.25, 0.3) is 0 Å². The van der Waals surface area contributed by atoms with Gasteiger partial charge in [0, 0.05) is 14.6 Å². The van der Waals surface area contributed by atoms with Crippen LogP contribution in [0.5, 0.6) is 0 Å². The van der Waals surface area contributed by atoms with Crippen LogP contribution in [0.4, 0.5) is 0 Å². The molecular formula is C20H30S2. The van der Waals surface area contributed by atoms with Gasteiger partial charge in [0.05, 0.1) is 0 Å². The number of hydrogen-bond acceptors (Lipinski definition) is 2. The average molecular weight is 335 g/mol. The van der Waals surface area contributed by atoms with Crippen molar-refractivity contribution in [2.45, 2.75) is 78.1 Å². The maximum Gasteiger partial charge on any atom is 0.0474 e. The summed E-state index contributed by atoms with van der Waals surface area (Å²) in [7, 11) is 0. The molecule has 22 heavy (non-hydrogen) atoms. The van der Waals surface area contributed by atoms with Crippen molar-refractivity contribution in [3.05, 3.63) is 34.0 Å². The van der Waals surface area contributed by atoms with E-state index < -0.39 is 0 Å². The van der Waals surface area contributed by atoms with Crippen molar-refractivity contribution < 1.29 is 0 Å². The van der Waals surface area contributed by atoms with Crippen molar-refractivity contribution in [3.63, 3.8) is 0 Å². The van der Waals surface area contributed by atoms with Crippen LogP contribution in [0.25, 0.3) is 9.75 Å². The second-order valence-corrected chi connectivity index (χ2v) is 8.25. The third-order valence-corrected chi connectivity index (χ3v) is 6.49. The maximum atomic E-state index is 2.35. The van der Waals surface area contributed by atoms with Gasteiger partial charge in [-0.3, -0.25) is 0 Å². The van der Waals surface area contributed by atoms with E-state index in [2.05, 4.69) is 37.4 Å². The molecule has 0 saturated carbocycles. The lowest BCUT2D eigenvalue weighted by molar-refractivity contribution is 0.668. The van der Waals surface area contributed by atoms with E-state index in [4.69, 9.17) is 0 Å². The van der Waals surface area contributed by atoms with E-state index in [-0.39, 0.29) is 0 Å². The van der Waals surface area contributed by atoms with E-state index >= 15 is 0 Å². The summed E-state index contributed by atoms with van der Waals surface area (Å²) in [5.74, 6) is 0. The van der Waals surface area contributed by atoms with E-state index in [9.17, 15) is 0 Å². The molecule has 2 rings (SSSR count). The molecule has 0 unspecified atom stereocenters. The number of rotatable bonds is 11. The highest BCUT2D eigenvalue weighted by molar-refractivity contribution is 7.21. The van der Waals surface area contributed by atoms with Gasteiger partial charge >= 0.3 is 0 Å². The van der Waals surface area contributed by atoms with E-state index in [1.54, 1.807) is 10.4 Å². The summed E-state index contributed by atoms with van der Waals surface area (Å²) >= 11 is 3.94. The molecule has 0 atom stereocenters.